The highest BCUT2D eigenvalue weighted by atomic mass is 16.2. The average Bonchev–Trinajstić information content (AvgIpc) is 3.48. The Hall–Kier alpha value is -2.17. The van der Waals surface area contributed by atoms with Gasteiger partial charge in [0.15, 0.2) is 0 Å². The maximum atomic E-state index is 12.5. The third-order valence-corrected chi connectivity index (χ3v) is 5.51. The van der Waals surface area contributed by atoms with Crippen LogP contribution in [0.5, 0.6) is 0 Å². The Kier molecular flexibility index (Phi) is 5.32. The molecule has 1 aliphatic carbocycles. The molecule has 1 saturated carbocycles. The van der Waals surface area contributed by atoms with Crippen molar-refractivity contribution in [2.45, 2.75) is 24.9 Å². The van der Waals surface area contributed by atoms with Crippen LogP contribution in [0.2, 0.25) is 0 Å². The van der Waals surface area contributed by atoms with Gasteiger partial charge < -0.3 is 10.2 Å². The van der Waals surface area contributed by atoms with E-state index in [1.54, 1.807) is 0 Å². The summed E-state index contributed by atoms with van der Waals surface area (Å²) in [6.45, 7) is 5.02. The van der Waals surface area contributed by atoms with E-state index in [0.29, 0.717) is 18.5 Å². The minimum Gasteiger partial charge on any atom is -0.339 e. The van der Waals surface area contributed by atoms with Crippen molar-refractivity contribution in [3.63, 3.8) is 0 Å². The molecule has 4 nitrogen and oxygen atoms in total. The van der Waals surface area contributed by atoms with Crippen LogP contribution in [0.1, 0.15) is 23.5 Å². The largest absolute Gasteiger partial charge is 0.339 e. The lowest BCUT2D eigenvalue weighted by Crippen LogP contribution is -2.50. The molecule has 1 N–H and O–H groups in total. The molecular formula is C22H27N3O. The highest BCUT2D eigenvalue weighted by Crippen LogP contribution is 2.40. The summed E-state index contributed by atoms with van der Waals surface area (Å²) in [6, 6.07) is 21.6. The summed E-state index contributed by atoms with van der Waals surface area (Å²) < 4.78 is 0. The molecule has 0 aromatic heterocycles. The molecule has 2 aliphatic rings. The number of benzene rings is 2. The van der Waals surface area contributed by atoms with Crippen LogP contribution in [0.15, 0.2) is 60.7 Å². The zero-order chi connectivity index (χ0) is 17.8. The van der Waals surface area contributed by atoms with Crippen LogP contribution in [-0.4, -0.2) is 54.5 Å². The minimum atomic E-state index is 0.239. The molecular weight excluding hydrogens is 322 g/mol. The van der Waals surface area contributed by atoms with Gasteiger partial charge in [0, 0.05) is 44.7 Å². The van der Waals surface area contributed by atoms with Gasteiger partial charge >= 0.3 is 0 Å². The van der Waals surface area contributed by atoms with Gasteiger partial charge in [0.2, 0.25) is 5.91 Å². The normalized spacial score (nSPS) is 23.0. The maximum absolute atomic E-state index is 12.5. The predicted octanol–water partition coefficient (Wildman–Crippen LogP) is 2.48. The Morgan fingerprint density at radius 3 is 2.27 bits per heavy atom. The van der Waals surface area contributed by atoms with Crippen molar-refractivity contribution in [3.8, 4) is 0 Å². The molecule has 1 amide bonds. The molecule has 2 unspecified atom stereocenters. The lowest BCUT2D eigenvalue weighted by atomic mass is 10.1. The van der Waals surface area contributed by atoms with Crippen molar-refractivity contribution in [2.24, 2.45) is 0 Å². The van der Waals surface area contributed by atoms with Gasteiger partial charge in [-0.15, -0.1) is 0 Å². The highest BCUT2D eigenvalue weighted by molar-refractivity contribution is 5.78. The second-order valence-corrected chi connectivity index (χ2v) is 7.38. The molecule has 0 bridgehead atoms. The topological polar surface area (TPSA) is 35.6 Å². The molecule has 26 heavy (non-hydrogen) atoms. The molecule has 2 aromatic carbocycles. The van der Waals surface area contributed by atoms with Crippen molar-refractivity contribution in [3.05, 3.63) is 71.8 Å². The van der Waals surface area contributed by atoms with Gasteiger partial charge in [-0.25, -0.2) is 0 Å². The zero-order valence-electron chi connectivity index (χ0n) is 15.2. The van der Waals surface area contributed by atoms with Gasteiger partial charge in [-0.3, -0.25) is 9.69 Å². The number of amides is 1. The fourth-order valence-electron chi connectivity index (χ4n) is 3.82. The number of hydrogen-bond acceptors (Lipinski definition) is 3. The molecule has 136 valence electrons. The summed E-state index contributed by atoms with van der Waals surface area (Å²) in [5.74, 6) is 0.815. The lowest BCUT2D eigenvalue weighted by molar-refractivity contribution is -0.132. The lowest BCUT2D eigenvalue weighted by Gasteiger charge is -2.34. The summed E-state index contributed by atoms with van der Waals surface area (Å²) in [5, 5.41) is 3.45. The number of hydrogen-bond donors (Lipinski definition) is 1. The number of piperazine rings is 1. The van der Waals surface area contributed by atoms with E-state index < -0.39 is 0 Å². The van der Waals surface area contributed by atoms with Gasteiger partial charge in [0.25, 0.3) is 0 Å². The number of nitrogens with one attached hydrogen (secondary N) is 1. The molecule has 2 aromatic rings. The number of rotatable bonds is 6. The molecule has 2 fully saturated rings. The Balaban J connectivity index is 1.18. The molecule has 4 rings (SSSR count). The van der Waals surface area contributed by atoms with Gasteiger partial charge in [-0.2, -0.15) is 0 Å². The van der Waals surface area contributed by atoms with E-state index in [9.17, 15) is 4.79 Å². The highest BCUT2D eigenvalue weighted by Gasteiger charge is 2.38. The van der Waals surface area contributed by atoms with Crippen molar-refractivity contribution < 1.29 is 4.79 Å². The molecule has 1 heterocycles. The van der Waals surface area contributed by atoms with Crippen LogP contribution in [0.4, 0.5) is 0 Å². The van der Waals surface area contributed by atoms with Crippen LogP contribution in [0.3, 0.4) is 0 Å². The van der Waals surface area contributed by atoms with Gasteiger partial charge in [-0.1, -0.05) is 60.7 Å². The first kappa shape index (κ1) is 17.3. The fraction of sp³-hybridized carbons (Fsp3) is 0.409. The Labute approximate surface area is 155 Å². The van der Waals surface area contributed by atoms with Crippen molar-refractivity contribution >= 4 is 5.91 Å². The van der Waals surface area contributed by atoms with Crippen molar-refractivity contribution in [2.75, 3.05) is 32.7 Å². The summed E-state index contributed by atoms with van der Waals surface area (Å²) in [6.07, 6.45) is 1.14. The van der Waals surface area contributed by atoms with Crippen LogP contribution in [-0.2, 0) is 11.3 Å². The van der Waals surface area contributed by atoms with Crippen LogP contribution in [0, 0.1) is 0 Å². The summed E-state index contributed by atoms with van der Waals surface area (Å²) in [7, 11) is 0. The summed E-state index contributed by atoms with van der Waals surface area (Å²) in [4.78, 5) is 16.9. The molecule has 2 atom stereocenters. The average molecular weight is 349 g/mol. The number of carbonyl (C=O) groups excluding carboxylic acids is 1. The Bertz CT molecular complexity index is 711. The first-order valence-electron chi connectivity index (χ1n) is 9.62. The van der Waals surface area contributed by atoms with Gasteiger partial charge in [0.1, 0.15) is 0 Å². The first-order valence-corrected chi connectivity index (χ1v) is 9.62. The molecule has 1 aliphatic heterocycles. The Morgan fingerprint density at radius 1 is 0.923 bits per heavy atom. The second kappa shape index (κ2) is 8.02. The van der Waals surface area contributed by atoms with Crippen LogP contribution in [0.25, 0.3) is 0 Å². The van der Waals surface area contributed by atoms with E-state index in [1.165, 1.54) is 11.1 Å². The first-order chi connectivity index (χ1) is 12.8. The van der Waals surface area contributed by atoms with Crippen LogP contribution >= 0.6 is 0 Å². The van der Waals surface area contributed by atoms with E-state index in [4.69, 9.17) is 0 Å². The standard InChI is InChI=1S/C22H27N3O/c26-22(16-23-21-15-20(21)19-9-5-2-6-10-19)25-13-11-24(12-14-25)17-18-7-3-1-4-8-18/h1-10,20-21,23H,11-17H2. The second-order valence-electron chi connectivity index (χ2n) is 7.38. The number of nitrogens with zero attached hydrogens (tertiary/aromatic N) is 2. The minimum absolute atomic E-state index is 0.239. The fourth-order valence-corrected chi connectivity index (χ4v) is 3.82. The predicted molar refractivity (Wildman–Crippen MR) is 104 cm³/mol. The van der Waals surface area contributed by atoms with E-state index in [-0.39, 0.29) is 5.91 Å². The van der Waals surface area contributed by atoms with Crippen LogP contribution < -0.4 is 5.32 Å². The SMILES string of the molecule is O=C(CNC1CC1c1ccccc1)N1CCN(Cc2ccccc2)CC1. The summed E-state index contributed by atoms with van der Waals surface area (Å²) in [5.41, 5.74) is 2.72. The third-order valence-electron chi connectivity index (χ3n) is 5.51. The summed E-state index contributed by atoms with van der Waals surface area (Å²) >= 11 is 0. The maximum Gasteiger partial charge on any atom is 0.236 e. The molecule has 4 heteroatoms. The smallest absolute Gasteiger partial charge is 0.236 e. The van der Waals surface area contributed by atoms with Crippen molar-refractivity contribution in [1.82, 2.24) is 15.1 Å². The molecule has 0 spiro atoms. The van der Waals surface area contributed by atoms with E-state index in [2.05, 4.69) is 70.9 Å². The van der Waals surface area contributed by atoms with Gasteiger partial charge in [0.05, 0.1) is 6.54 Å². The Morgan fingerprint density at radius 2 is 1.58 bits per heavy atom. The quantitative estimate of drug-likeness (QED) is 0.870. The van der Waals surface area contributed by atoms with E-state index >= 15 is 0 Å². The number of carbonyl (C=O) groups is 1. The molecule has 1 saturated heterocycles. The zero-order valence-corrected chi connectivity index (χ0v) is 15.2. The van der Waals surface area contributed by atoms with Gasteiger partial charge in [-0.05, 0) is 17.5 Å². The third kappa shape index (κ3) is 4.32. The van der Waals surface area contributed by atoms with E-state index in [1.807, 2.05) is 4.90 Å². The monoisotopic (exact) mass is 349 g/mol. The molecule has 0 radical (unpaired) electrons. The van der Waals surface area contributed by atoms with E-state index in [0.717, 1.165) is 39.1 Å². The van der Waals surface area contributed by atoms with Crippen molar-refractivity contribution in [1.29, 1.82) is 0 Å².